The van der Waals surface area contributed by atoms with Gasteiger partial charge in [-0.05, 0) is 38.0 Å². The maximum Gasteiger partial charge on any atom is 0.0771 e. The van der Waals surface area contributed by atoms with Crippen LogP contribution in [0.2, 0.25) is 0 Å². The summed E-state index contributed by atoms with van der Waals surface area (Å²) in [6, 6.07) is 0. The minimum absolute atomic E-state index is 0.181. The highest BCUT2D eigenvalue weighted by Gasteiger charge is 2.33. The lowest BCUT2D eigenvalue weighted by molar-refractivity contribution is -0.0620. The van der Waals surface area contributed by atoms with Crippen molar-refractivity contribution in [2.24, 2.45) is 5.92 Å². The first-order chi connectivity index (χ1) is 7.22. The average molecular weight is 326 g/mol. The minimum Gasteiger partial charge on any atom is -0.385 e. The van der Waals surface area contributed by atoms with Crippen molar-refractivity contribution in [1.29, 1.82) is 0 Å². The van der Waals surface area contributed by atoms with E-state index in [2.05, 4.69) is 29.5 Å². The highest BCUT2D eigenvalue weighted by molar-refractivity contribution is 14.1. The van der Waals surface area contributed by atoms with Crippen LogP contribution in [0, 0.1) is 5.92 Å². The quantitative estimate of drug-likeness (QED) is 0.423. The Morgan fingerprint density at radius 1 is 1.27 bits per heavy atom. The number of methoxy groups -OCH3 is 1. The van der Waals surface area contributed by atoms with E-state index in [4.69, 9.17) is 9.47 Å². The molecule has 1 aliphatic carbocycles. The van der Waals surface area contributed by atoms with Crippen LogP contribution in [0.4, 0.5) is 0 Å². The zero-order valence-electron chi connectivity index (χ0n) is 9.93. The van der Waals surface area contributed by atoms with E-state index >= 15 is 0 Å². The molecule has 2 nitrogen and oxygen atoms in total. The zero-order chi connectivity index (χ0) is 11.1. The number of alkyl halides is 1. The summed E-state index contributed by atoms with van der Waals surface area (Å²) >= 11 is 2.47. The van der Waals surface area contributed by atoms with E-state index in [0.29, 0.717) is 0 Å². The Labute approximate surface area is 107 Å². The molecule has 15 heavy (non-hydrogen) atoms. The molecular formula is C12H23IO2. The molecule has 0 unspecified atom stereocenters. The molecular weight excluding hydrogens is 303 g/mol. The number of rotatable bonds is 6. The van der Waals surface area contributed by atoms with Gasteiger partial charge in [-0.3, -0.25) is 0 Å². The second-order valence-corrected chi connectivity index (χ2v) is 5.46. The molecule has 90 valence electrons. The second-order valence-electron chi connectivity index (χ2n) is 4.69. The van der Waals surface area contributed by atoms with Gasteiger partial charge in [0.25, 0.3) is 0 Å². The largest absolute Gasteiger partial charge is 0.385 e. The highest BCUT2D eigenvalue weighted by atomic mass is 127. The fraction of sp³-hybridized carbons (Fsp3) is 1.00. The molecule has 3 heteroatoms. The molecule has 1 saturated carbocycles. The zero-order valence-corrected chi connectivity index (χ0v) is 12.1. The van der Waals surface area contributed by atoms with E-state index in [-0.39, 0.29) is 5.60 Å². The summed E-state index contributed by atoms with van der Waals surface area (Å²) in [7, 11) is 1.75. The molecule has 0 N–H and O–H groups in total. The maximum atomic E-state index is 6.08. The molecule has 0 aromatic carbocycles. The average Bonchev–Trinajstić information content (AvgIpc) is 2.28. The predicted molar refractivity (Wildman–Crippen MR) is 71.7 cm³/mol. The summed E-state index contributed by atoms with van der Waals surface area (Å²) in [5.41, 5.74) is 0.181. The third-order valence-corrected chi connectivity index (χ3v) is 4.72. The number of hydrogen-bond acceptors (Lipinski definition) is 2. The molecule has 0 heterocycles. The number of ether oxygens (including phenoxy) is 2. The Morgan fingerprint density at radius 2 is 1.93 bits per heavy atom. The molecule has 0 radical (unpaired) electrons. The standard InChI is InChI=1S/C12H23IO2/c1-11-4-6-12(10-13,7-5-11)15-9-3-8-14-2/h11H,3-10H2,1-2H3. The van der Waals surface area contributed by atoms with Crippen LogP contribution in [0.3, 0.4) is 0 Å². The van der Waals surface area contributed by atoms with Gasteiger partial charge in [-0.2, -0.15) is 0 Å². The minimum atomic E-state index is 0.181. The van der Waals surface area contributed by atoms with E-state index in [1.165, 1.54) is 25.7 Å². The summed E-state index contributed by atoms with van der Waals surface area (Å²) in [5, 5.41) is 0. The summed E-state index contributed by atoms with van der Waals surface area (Å²) in [4.78, 5) is 0. The van der Waals surface area contributed by atoms with Gasteiger partial charge in [0.05, 0.1) is 5.60 Å². The van der Waals surface area contributed by atoms with Crippen LogP contribution in [0.1, 0.15) is 39.0 Å². The lowest BCUT2D eigenvalue weighted by Gasteiger charge is -2.38. The summed E-state index contributed by atoms with van der Waals surface area (Å²) in [5.74, 6) is 0.892. The van der Waals surface area contributed by atoms with Crippen LogP contribution >= 0.6 is 22.6 Å². The molecule has 0 amide bonds. The Hall–Kier alpha value is 0.650. The Balaban J connectivity index is 2.27. The molecule has 0 saturated heterocycles. The van der Waals surface area contributed by atoms with Crippen molar-refractivity contribution in [2.75, 3.05) is 24.8 Å². The van der Waals surface area contributed by atoms with E-state index in [1.54, 1.807) is 7.11 Å². The molecule has 0 aliphatic heterocycles. The third-order valence-electron chi connectivity index (χ3n) is 3.33. The molecule has 1 fully saturated rings. The summed E-state index contributed by atoms with van der Waals surface area (Å²) in [6.07, 6.45) is 6.15. The van der Waals surface area contributed by atoms with Gasteiger partial charge in [-0.15, -0.1) is 0 Å². The van der Waals surface area contributed by atoms with Crippen LogP contribution in [0.15, 0.2) is 0 Å². The van der Waals surface area contributed by atoms with Crippen LogP contribution in [-0.2, 0) is 9.47 Å². The van der Waals surface area contributed by atoms with Crippen molar-refractivity contribution in [1.82, 2.24) is 0 Å². The van der Waals surface area contributed by atoms with E-state index < -0.39 is 0 Å². The first-order valence-corrected chi connectivity index (χ1v) is 7.44. The molecule has 1 rings (SSSR count). The van der Waals surface area contributed by atoms with Crippen LogP contribution in [0.5, 0.6) is 0 Å². The molecule has 0 bridgehead atoms. The number of halogens is 1. The van der Waals surface area contributed by atoms with Gasteiger partial charge in [0.1, 0.15) is 0 Å². The highest BCUT2D eigenvalue weighted by Crippen LogP contribution is 2.36. The first kappa shape index (κ1) is 13.7. The summed E-state index contributed by atoms with van der Waals surface area (Å²) in [6.45, 7) is 4.01. The van der Waals surface area contributed by atoms with Crippen molar-refractivity contribution in [3.05, 3.63) is 0 Å². The van der Waals surface area contributed by atoms with Gasteiger partial charge < -0.3 is 9.47 Å². The van der Waals surface area contributed by atoms with Gasteiger partial charge in [0.15, 0.2) is 0 Å². The topological polar surface area (TPSA) is 18.5 Å². The van der Waals surface area contributed by atoms with Gasteiger partial charge in [-0.1, -0.05) is 29.5 Å². The van der Waals surface area contributed by atoms with Gasteiger partial charge in [-0.25, -0.2) is 0 Å². The predicted octanol–water partition coefficient (Wildman–Crippen LogP) is 3.42. The van der Waals surface area contributed by atoms with E-state index in [9.17, 15) is 0 Å². The smallest absolute Gasteiger partial charge is 0.0771 e. The van der Waals surface area contributed by atoms with Gasteiger partial charge in [0.2, 0.25) is 0 Å². The second kappa shape index (κ2) is 7.07. The summed E-state index contributed by atoms with van der Waals surface area (Å²) < 4.78 is 12.2. The van der Waals surface area contributed by atoms with Gasteiger partial charge >= 0.3 is 0 Å². The van der Waals surface area contributed by atoms with Crippen LogP contribution in [-0.4, -0.2) is 30.4 Å². The van der Waals surface area contributed by atoms with E-state index in [1.807, 2.05) is 0 Å². The first-order valence-electron chi connectivity index (χ1n) is 5.91. The molecule has 0 aromatic rings. The lowest BCUT2D eigenvalue weighted by Crippen LogP contribution is -2.39. The molecule has 0 aromatic heterocycles. The molecule has 0 atom stereocenters. The SMILES string of the molecule is COCCCOC1(CI)CCC(C)CC1. The monoisotopic (exact) mass is 326 g/mol. The Bertz CT molecular complexity index is 165. The van der Waals surface area contributed by atoms with Crippen molar-refractivity contribution in [3.8, 4) is 0 Å². The van der Waals surface area contributed by atoms with Crippen molar-refractivity contribution in [3.63, 3.8) is 0 Å². The maximum absolute atomic E-state index is 6.08. The fourth-order valence-corrected chi connectivity index (χ4v) is 3.08. The third kappa shape index (κ3) is 4.57. The van der Waals surface area contributed by atoms with Gasteiger partial charge in [0, 0.05) is 24.8 Å². The van der Waals surface area contributed by atoms with E-state index in [0.717, 1.165) is 30.0 Å². The normalized spacial score (nSPS) is 31.8. The van der Waals surface area contributed by atoms with Crippen molar-refractivity contribution >= 4 is 22.6 Å². The lowest BCUT2D eigenvalue weighted by atomic mass is 9.80. The molecule has 1 aliphatic rings. The fourth-order valence-electron chi connectivity index (χ4n) is 2.10. The van der Waals surface area contributed by atoms with Crippen LogP contribution < -0.4 is 0 Å². The van der Waals surface area contributed by atoms with Crippen molar-refractivity contribution < 1.29 is 9.47 Å². The number of hydrogen-bond donors (Lipinski definition) is 0. The van der Waals surface area contributed by atoms with Crippen molar-refractivity contribution in [2.45, 2.75) is 44.6 Å². The molecule has 0 spiro atoms. The Morgan fingerprint density at radius 3 is 2.47 bits per heavy atom. The van der Waals surface area contributed by atoms with Crippen LogP contribution in [0.25, 0.3) is 0 Å². The Kier molecular flexibility index (Phi) is 6.46.